The van der Waals surface area contributed by atoms with E-state index in [0.717, 1.165) is 23.5 Å². The van der Waals surface area contributed by atoms with Crippen LogP contribution >= 0.6 is 11.3 Å². The van der Waals surface area contributed by atoms with Crippen LogP contribution in [-0.4, -0.2) is 27.7 Å². The van der Waals surface area contributed by atoms with Crippen molar-refractivity contribution in [1.29, 1.82) is 0 Å². The number of anilines is 1. The SMILES string of the molecule is O=C1COc2cccc(C(=O)Nc3ncc(S(=O)Cc4ccc(F)cc4F)s3)c2O1. The molecule has 1 aliphatic heterocycles. The molecule has 30 heavy (non-hydrogen) atoms. The van der Waals surface area contributed by atoms with Crippen LogP contribution in [0.15, 0.2) is 46.8 Å². The van der Waals surface area contributed by atoms with Crippen LogP contribution in [0.25, 0.3) is 0 Å². The van der Waals surface area contributed by atoms with Gasteiger partial charge in [-0.05, 0) is 18.2 Å². The normalized spacial score (nSPS) is 13.7. The first-order valence-electron chi connectivity index (χ1n) is 8.46. The van der Waals surface area contributed by atoms with Gasteiger partial charge in [-0.25, -0.2) is 18.6 Å². The molecule has 7 nitrogen and oxygen atoms in total. The first kappa shape index (κ1) is 20.1. The van der Waals surface area contributed by atoms with Crippen LogP contribution < -0.4 is 14.8 Å². The molecule has 0 radical (unpaired) electrons. The van der Waals surface area contributed by atoms with E-state index in [1.807, 2.05) is 0 Å². The first-order chi connectivity index (χ1) is 14.4. The molecule has 0 spiro atoms. The lowest BCUT2D eigenvalue weighted by Crippen LogP contribution is -2.25. The highest BCUT2D eigenvalue weighted by atomic mass is 32.2. The van der Waals surface area contributed by atoms with E-state index < -0.39 is 34.3 Å². The molecule has 154 valence electrons. The quantitative estimate of drug-likeness (QED) is 0.474. The Bertz CT molecular complexity index is 1180. The second kappa shape index (κ2) is 8.28. The highest BCUT2D eigenvalue weighted by molar-refractivity contribution is 7.86. The number of esters is 1. The molecular formula is C19H12F2N2O5S2. The summed E-state index contributed by atoms with van der Waals surface area (Å²) in [5.41, 5.74) is 0.179. The number of hydrogen-bond acceptors (Lipinski definition) is 7. The van der Waals surface area contributed by atoms with Crippen LogP contribution in [0.5, 0.6) is 11.5 Å². The summed E-state index contributed by atoms with van der Waals surface area (Å²) in [4.78, 5) is 28.1. The van der Waals surface area contributed by atoms with Gasteiger partial charge in [-0.3, -0.25) is 14.3 Å². The summed E-state index contributed by atoms with van der Waals surface area (Å²) in [6.07, 6.45) is 1.31. The predicted molar refractivity (Wildman–Crippen MR) is 104 cm³/mol. The Morgan fingerprint density at radius 1 is 1.27 bits per heavy atom. The van der Waals surface area contributed by atoms with E-state index in [-0.39, 0.29) is 40.1 Å². The summed E-state index contributed by atoms with van der Waals surface area (Å²) in [5.74, 6) is -2.61. The van der Waals surface area contributed by atoms with Crippen LogP contribution in [0.4, 0.5) is 13.9 Å². The van der Waals surface area contributed by atoms with E-state index in [2.05, 4.69) is 10.3 Å². The van der Waals surface area contributed by atoms with Gasteiger partial charge in [0.15, 0.2) is 23.2 Å². The van der Waals surface area contributed by atoms with Crippen molar-refractivity contribution in [3.05, 3.63) is 65.4 Å². The second-order valence-electron chi connectivity index (χ2n) is 6.06. The highest BCUT2D eigenvalue weighted by Gasteiger charge is 2.25. The molecule has 0 saturated heterocycles. The lowest BCUT2D eigenvalue weighted by Gasteiger charge is -2.18. The van der Waals surface area contributed by atoms with Gasteiger partial charge < -0.3 is 9.47 Å². The fraction of sp³-hybridized carbons (Fsp3) is 0.105. The van der Waals surface area contributed by atoms with Crippen molar-refractivity contribution in [3.8, 4) is 11.5 Å². The molecular weight excluding hydrogens is 438 g/mol. The van der Waals surface area contributed by atoms with Gasteiger partial charge in [0.2, 0.25) is 0 Å². The molecule has 1 aliphatic rings. The summed E-state index contributed by atoms with van der Waals surface area (Å²) in [5, 5.41) is 2.70. The third-order valence-corrected chi connectivity index (χ3v) is 6.66. The lowest BCUT2D eigenvalue weighted by atomic mass is 10.1. The minimum atomic E-state index is -1.64. The summed E-state index contributed by atoms with van der Waals surface area (Å²) in [6, 6.07) is 7.64. The average Bonchev–Trinajstić information content (AvgIpc) is 3.18. The summed E-state index contributed by atoms with van der Waals surface area (Å²) in [7, 11) is -1.64. The van der Waals surface area contributed by atoms with Gasteiger partial charge in [-0.15, -0.1) is 0 Å². The van der Waals surface area contributed by atoms with Gasteiger partial charge in [-0.2, -0.15) is 0 Å². The molecule has 1 atom stereocenters. The molecule has 0 aliphatic carbocycles. The van der Waals surface area contributed by atoms with E-state index >= 15 is 0 Å². The number of para-hydroxylation sites is 1. The van der Waals surface area contributed by atoms with Gasteiger partial charge in [0.1, 0.15) is 15.8 Å². The number of aromatic nitrogens is 1. The van der Waals surface area contributed by atoms with E-state index in [4.69, 9.17) is 9.47 Å². The van der Waals surface area contributed by atoms with Crippen molar-refractivity contribution < 1.29 is 32.1 Å². The van der Waals surface area contributed by atoms with Crippen molar-refractivity contribution in [1.82, 2.24) is 4.98 Å². The number of hydrogen-bond donors (Lipinski definition) is 1. The molecule has 1 amide bonds. The maximum absolute atomic E-state index is 13.8. The number of amides is 1. The zero-order valence-corrected chi connectivity index (χ0v) is 16.6. The van der Waals surface area contributed by atoms with Gasteiger partial charge in [-0.1, -0.05) is 23.5 Å². The van der Waals surface area contributed by atoms with Gasteiger partial charge in [0.25, 0.3) is 5.91 Å². The predicted octanol–water partition coefficient (Wildman–Crippen LogP) is 3.28. The number of rotatable bonds is 5. The number of benzene rings is 2. The Labute approximate surface area is 175 Å². The fourth-order valence-corrected chi connectivity index (χ4v) is 4.79. The number of carbonyl (C=O) groups excluding carboxylic acids is 2. The number of nitrogens with one attached hydrogen (secondary N) is 1. The Balaban J connectivity index is 1.48. The molecule has 2 heterocycles. The molecule has 4 rings (SSSR count). The minimum Gasteiger partial charge on any atom is -0.478 e. The number of thiazole rings is 1. The smallest absolute Gasteiger partial charge is 0.349 e. The summed E-state index contributed by atoms with van der Waals surface area (Å²) < 4.78 is 49.9. The molecule has 0 fully saturated rings. The summed E-state index contributed by atoms with van der Waals surface area (Å²) in [6.45, 7) is -0.242. The molecule has 2 aromatic carbocycles. The molecule has 0 saturated carbocycles. The lowest BCUT2D eigenvalue weighted by molar-refractivity contribution is -0.138. The van der Waals surface area contributed by atoms with Crippen molar-refractivity contribution in [2.24, 2.45) is 0 Å². The van der Waals surface area contributed by atoms with Gasteiger partial charge >= 0.3 is 5.97 Å². The molecule has 1 unspecified atom stereocenters. The van der Waals surface area contributed by atoms with Crippen LogP contribution in [-0.2, 0) is 21.3 Å². The van der Waals surface area contributed by atoms with Crippen molar-refractivity contribution in [2.75, 3.05) is 11.9 Å². The molecule has 11 heteroatoms. The number of nitrogens with zero attached hydrogens (tertiary/aromatic N) is 1. The Morgan fingerprint density at radius 3 is 2.90 bits per heavy atom. The number of halogens is 2. The fourth-order valence-electron chi connectivity index (χ4n) is 2.63. The van der Waals surface area contributed by atoms with Crippen LogP contribution in [0.2, 0.25) is 0 Å². The van der Waals surface area contributed by atoms with Crippen molar-refractivity contribution >= 4 is 39.1 Å². The van der Waals surface area contributed by atoms with Gasteiger partial charge in [0.05, 0.1) is 28.3 Å². The van der Waals surface area contributed by atoms with Crippen LogP contribution in [0.1, 0.15) is 15.9 Å². The first-order valence-corrected chi connectivity index (χ1v) is 10.6. The zero-order valence-electron chi connectivity index (χ0n) is 15.0. The average molecular weight is 450 g/mol. The van der Waals surface area contributed by atoms with Crippen LogP contribution in [0, 0.1) is 11.6 Å². The maximum atomic E-state index is 13.8. The maximum Gasteiger partial charge on any atom is 0.349 e. The van der Waals surface area contributed by atoms with E-state index in [1.54, 1.807) is 12.1 Å². The van der Waals surface area contributed by atoms with Crippen molar-refractivity contribution in [2.45, 2.75) is 9.96 Å². The zero-order chi connectivity index (χ0) is 21.3. The molecule has 1 N–H and O–H groups in total. The minimum absolute atomic E-state index is 0.0124. The molecule has 1 aromatic heterocycles. The number of ether oxygens (including phenoxy) is 2. The standard InChI is InChI=1S/C19H12F2N2O5S2/c20-11-5-4-10(13(21)6-11)9-30(26)16-7-22-19(29-16)23-18(25)12-2-1-3-14-17(12)28-15(24)8-27-14/h1-7H,8-9H2,(H,22,23,25). The van der Waals surface area contributed by atoms with E-state index in [1.165, 1.54) is 18.3 Å². The second-order valence-corrected chi connectivity index (χ2v) is 8.77. The third-order valence-electron chi connectivity index (χ3n) is 4.02. The molecule has 0 bridgehead atoms. The Morgan fingerprint density at radius 2 is 2.10 bits per heavy atom. The number of carbonyl (C=O) groups is 2. The van der Waals surface area contributed by atoms with E-state index in [9.17, 15) is 22.6 Å². The van der Waals surface area contributed by atoms with Gasteiger partial charge in [0, 0.05) is 11.6 Å². The highest BCUT2D eigenvalue weighted by Crippen LogP contribution is 2.34. The third kappa shape index (κ3) is 4.21. The number of fused-ring (bicyclic) bond motifs is 1. The molecule has 3 aromatic rings. The Hall–Kier alpha value is -3.18. The monoisotopic (exact) mass is 450 g/mol. The largest absolute Gasteiger partial charge is 0.478 e. The van der Waals surface area contributed by atoms with Crippen LogP contribution in [0.3, 0.4) is 0 Å². The van der Waals surface area contributed by atoms with E-state index in [0.29, 0.717) is 4.21 Å². The van der Waals surface area contributed by atoms with Crippen molar-refractivity contribution in [3.63, 3.8) is 0 Å². The summed E-state index contributed by atoms with van der Waals surface area (Å²) >= 11 is 0.951. The topological polar surface area (TPSA) is 94.6 Å². The Kier molecular flexibility index (Phi) is 5.55.